The molecule has 3 nitrogen and oxygen atoms in total. The summed E-state index contributed by atoms with van der Waals surface area (Å²) >= 11 is 0. The van der Waals surface area contributed by atoms with Gasteiger partial charge in [0.1, 0.15) is 0 Å². The molecular weight excluding hydrogens is 282 g/mol. The van der Waals surface area contributed by atoms with Crippen LogP contribution in [0.4, 0.5) is 0 Å². The van der Waals surface area contributed by atoms with Gasteiger partial charge in [0.25, 0.3) is 0 Å². The number of sulfone groups is 1. The lowest BCUT2D eigenvalue weighted by atomic mass is 9.71. The van der Waals surface area contributed by atoms with Crippen LogP contribution in [-0.4, -0.2) is 19.7 Å². The average molecular weight is 309 g/mol. The summed E-state index contributed by atoms with van der Waals surface area (Å²) in [4.78, 5) is 0.406. The maximum absolute atomic E-state index is 12.9. The van der Waals surface area contributed by atoms with E-state index in [9.17, 15) is 8.42 Å². The van der Waals surface area contributed by atoms with Crippen molar-refractivity contribution in [3.05, 3.63) is 29.8 Å². The summed E-state index contributed by atoms with van der Waals surface area (Å²) in [6, 6.07) is 6.86. The monoisotopic (exact) mass is 309 g/mol. The lowest BCUT2D eigenvalue weighted by Gasteiger charge is -2.40. The molecule has 21 heavy (non-hydrogen) atoms. The Morgan fingerprint density at radius 1 is 1.10 bits per heavy atom. The number of benzene rings is 1. The van der Waals surface area contributed by atoms with Crippen molar-refractivity contribution in [1.29, 1.82) is 0 Å². The van der Waals surface area contributed by atoms with Crippen LogP contribution < -0.4 is 5.73 Å². The third kappa shape index (κ3) is 3.49. The van der Waals surface area contributed by atoms with E-state index in [0.717, 1.165) is 18.4 Å². The number of hydrogen-bond acceptors (Lipinski definition) is 3. The van der Waals surface area contributed by atoms with Crippen LogP contribution in [-0.2, 0) is 9.84 Å². The summed E-state index contributed by atoms with van der Waals surface area (Å²) in [6.45, 7) is 8.51. The second-order valence-corrected chi connectivity index (χ2v) is 9.60. The fraction of sp³-hybridized carbons (Fsp3) is 0.647. The van der Waals surface area contributed by atoms with Gasteiger partial charge in [0.05, 0.1) is 10.1 Å². The quantitative estimate of drug-likeness (QED) is 0.911. The van der Waals surface area contributed by atoms with Crippen molar-refractivity contribution >= 4 is 9.84 Å². The smallest absolute Gasteiger partial charge is 0.182 e. The molecule has 0 amide bonds. The van der Waals surface area contributed by atoms with Crippen molar-refractivity contribution in [3.8, 4) is 0 Å². The van der Waals surface area contributed by atoms with Gasteiger partial charge >= 0.3 is 0 Å². The summed E-state index contributed by atoms with van der Waals surface area (Å²) in [5.74, 6) is 0.405. The largest absolute Gasteiger partial charge is 0.327 e. The van der Waals surface area contributed by atoms with E-state index < -0.39 is 15.1 Å². The van der Waals surface area contributed by atoms with E-state index in [1.807, 2.05) is 19.1 Å². The normalized spacial score (nSPS) is 27.6. The third-order valence-electron chi connectivity index (χ3n) is 4.82. The van der Waals surface area contributed by atoms with Crippen LogP contribution in [0, 0.1) is 18.3 Å². The number of rotatable bonds is 2. The minimum absolute atomic E-state index is 0.126. The van der Waals surface area contributed by atoms with Crippen molar-refractivity contribution in [1.82, 2.24) is 0 Å². The van der Waals surface area contributed by atoms with Gasteiger partial charge in [-0.3, -0.25) is 0 Å². The van der Waals surface area contributed by atoms with E-state index in [-0.39, 0.29) is 11.5 Å². The van der Waals surface area contributed by atoms with E-state index in [1.54, 1.807) is 12.1 Å². The Labute approximate surface area is 128 Å². The van der Waals surface area contributed by atoms with Gasteiger partial charge in [-0.2, -0.15) is 0 Å². The number of aryl methyl sites for hydroxylation is 1. The summed E-state index contributed by atoms with van der Waals surface area (Å²) in [5.41, 5.74) is 7.35. The first kappa shape index (κ1) is 16.5. The molecule has 0 aromatic heterocycles. The summed E-state index contributed by atoms with van der Waals surface area (Å²) in [6.07, 6.45) is 2.48. The molecule has 3 atom stereocenters. The van der Waals surface area contributed by atoms with Gasteiger partial charge in [-0.05, 0) is 49.7 Å². The Kier molecular flexibility index (Phi) is 4.50. The fourth-order valence-corrected chi connectivity index (χ4v) is 5.15. The van der Waals surface area contributed by atoms with E-state index >= 15 is 0 Å². The number of nitrogens with two attached hydrogens (primary N) is 1. The molecule has 1 saturated carbocycles. The Hall–Kier alpha value is -0.870. The highest BCUT2D eigenvalue weighted by Gasteiger charge is 2.41. The van der Waals surface area contributed by atoms with Gasteiger partial charge in [0, 0.05) is 6.04 Å². The topological polar surface area (TPSA) is 60.2 Å². The Bertz CT molecular complexity index is 584. The van der Waals surface area contributed by atoms with Crippen LogP contribution in [0.1, 0.15) is 45.6 Å². The van der Waals surface area contributed by atoms with Crippen molar-refractivity contribution in [2.75, 3.05) is 0 Å². The molecule has 118 valence electrons. The summed E-state index contributed by atoms with van der Waals surface area (Å²) in [7, 11) is -3.35. The predicted octanol–water partition coefficient (Wildman–Crippen LogP) is 3.31. The highest BCUT2D eigenvalue weighted by atomic mass is 32.2. The molecule has 2 rings (SSSR count). The Morgan fingerprint density at radius 3 is 2.19 bits per heavy atom. The molecule has 1 aromatic carbocycles. The Morgan fingerprint density at radius 2 is 1.67 bits per heavy atom. The first-order chi connectivity index (χ1) is 9.62. The maximum atomic E-state index is 12.9. The van der Waals surface area contributed by atoms with Gasteiger partial charge in [-0.1, -0.05) is 38.5 Å². The highest BCUT2D eigenvalue weighted by Crippen LogP contribution is 2.40. The van der Waals surface area contributed by atoms with Gasteiger partial charge < -0.3 is 5.73 Å². The first-order valence-corrected chi connectivity index (χ1v) is 9.23. The molecule has 1 aliphatic carbocycles. The molecule has 1 fully saturated rings. The summed E-state index contributed by atoms with van der Waals surface area (Å²) < 4.78 is 25.8. The fourth-order valence-electron chi connectivity index (χ4n) is 3.20. The summed E-state index contributed by atoms with van der Waals surface area (Å²) in [5, 5.41) is -0.460. The second kappa shape index (κ2) is 5.73. The van der Waals surface area contributed by atoms with E-state index in [2.05, 4.69) is 20.8 Å². The molecule has 0 heterocycles. The zero-order chi connectivity index (χ0) is 15.8. The van der Waals surface area contributed by atoms with Gasteiger partial charge in [0.15, 0.2) is 9.84 Å². The van der Waals surface area contributed by atoms with Crippen molar-refractivity contribution < 1.29 is 8.42 Å². The molecule has 0 aliphatic heterocycles. The van der Waals surface area contributed by atoms with Crippen LogP contribution >= 0.6 is 0 Å². The Balaban J connectivity index is 2.31. The minimum atomic E-state index is -3.35. The van der Waals surface area contributed by atoms with Crippen molar-refractivity contribution in [3.63, 3.8) is 0 Å². The van der Waals surface area contributed by atoms with Gasteiger partial charge in [-0.15, -0.1) is 0 Å². The molecule has 1 aromatic rings. The van der Waals surface area contributed by atoms with Crippen LogP contribution in [0.2, 0.25) is 0 Å². The van der Waals surface area contributed by atoms with Crippen LogP contribution in [0.5, 0.6) is 0 Å². The third-order valence-corrected chi connectivity index (χ3v) is 7.08. The standard InChI is InChI=1S/C17H27NO2S/c1-12-5-8-14(9-6-12)21(19,20)16-11-13(17(2,3)4)7-10-15(16)18/h5-6,8-9,13,15-16H,7,10-11,18H2,1-4H3. The van der Waals surface area contributed by atoms with Crippen LogP contribution in [0.15, 0.2) is 29.2 Å². The lowest BCUT2D eigenvalue weighted by molar-refractivity contribution is 0.171. The highest BCUT2D eigenvalue weighted by molar-refractivity contribution is 7.92. The molecule has 4 heteroatoms. The van der Waals surface area contributed by atoms with Gasteiger partial charge in [0.2, 0.25) is 0 Å². The minimum Gasteiger partial charge on any atom is -0.327 e. The molecular formula is C17H27NO2S. The molecule has 0 bridgehead atoms. The molecule has 1 aliphatic rings. The second-order valence-electron chi connectivity index (χ2n) is 7.44. The first-order valence-electron chi connectivity index (χ1n) is 7.68. The zero-order valence-corrected chi connectivity index (χ0v) is 14.3. The van der Waals surface area contributed by atoms with E-state index in [0.29, 0.717) is 17.2 Å². The zero-order valence-electron chi connectivity index (χ0n) is 13.5. The average Bonchev–Trinajstić information content (AvgIpc) is 2.38. The molecule has 0 spiro atoms. The van der Waals surface area contributed by atoms with E-state index in [4.69, 9.17) is 5.73 Å². The van der Waals surface area contributed by atoms with Gasteiger partial charge in [-0.25, -0.2) is 8.42 Å². The lowest BCUT2D eigenvalue weighted by Crippen LogP contribution is -2.47. The SMILES string of the molecule is Cc1ccc(S(=O)(=O)C2CC(C(C)(C)C)CCC2N)cc1. The molecule has 3 unspecified atom stereocenters. The molecule has 0 radical (unpaired) electrons. The van der Waals surface area contributed by atoms with Crippen LogP contribution in [0.25, 0.3) is 0 Å². The maximum Gasteiger partial charge on any atom is 0.182 e. The number of hydrogen-bond donors (Lipinski definition) is 1. The molecule has 0 saturated heterocycles. The molecule has 2 N–H and O–H groups in total. The van der Waals surface area contributed by atoms with Crippen LogP contribution in [0.3, 0.4) is 0 Å². The van der Waals surface area contributed by atoms with E-state index in [1.165, 1.54) is 0 Å². The predicted molar refractivity (Wildman–Crippen MR) is 86.9 cm³/mol. The van der Waals surface area contributed by atoms with Crippen molar-refractivity contribution in [2.24, 2.45) is 17.1 Å². The van der Waals surface area contributed by atoms with Crippen molar-refractivity contribution in [2.45, 2.75) is 63.1 Å².